The van der Waals surface area contributed by atoms with Crippen molar-refractivity contribution in [3.05, 3.63) is 43.7 Å². The molecule has 1 unspecified atom stereocenters. The summed E-state index contributed by atoms with van der Waals surface area (Å²) in [5, 5.41) is 17.9. The normalized spacial score (nSPS) is 12.8. The minimum absolute atomic E-state index is 0.571. The summed E-state index contributed by atoms with van der Waals surface area (Å²) in [6, 6.07) is 7.71. The SMILES string of the molecule is Cn1nnc(Br)c1C(O)c1cccc(I)c1. The zero-order valence-electron chi connectivity index (χ0n) is 8.43. The van der Waals surface area contributed by atoms with Crippen LogP contribution >= 0.6 is 38.5 Å². The lowest BCUT2D eigenvalue weighted by atomic mass is 10.1. The molecule has 1 atom stereocenters. The van der Waals surface area contributed by atoms with Crippen LogP contribution in [0.3, 0.4) is 0 Å². The Morgan fingerprint density at radius 1 is 1.50 bits per heavy atom. The van der Waals surface area contributed by atoms with E-state index in [4.69, 9.17) is 0 Å². The molecule has 6 heteroatoms. The quantitative estimate of drug-likeness (QED) is 0.796. The van der Waals surface area contributed by atoms with Crippen LogP contribution < -0.4 is 0 Å². The first-order valence-electron chi connectivity index (χ1n) is 4.58. The van der Waals surface area contributed by atoms with Gasteiger partial charge in [0.05, 0.1) is 0 Å². The fourth-order valence-electron chi connectivity index (χ4n) is 1.46. The summed E-state index contributed by atoms with van der Waals surface area (Å²) in [5.74, 6) is 0. The molecule has 4 nitrogen and oxygen atoms in total. The number of halogens is 2. The Morgan fingerprint density at radius 2 is 2.25 bits per heavy atom. The highest BCUT2D eigenvalue weighted by Crippen LogP contribution is 2.27. The summed E-state index contributed by atoms with van der Waals surface area (Å²) in [6.07, 6.45) is -0.718. The molecule has 0 saturated heterocycles. The molecule has 84 valence electrons. The Labute approximate surface area is 115 Å². The van der Waals surface area contributed by atoms with Crippen LogP contribution in [0.2, 0.25) is 0 Å². The first-order valence-corrected chi connectivity index (χ1v) is 6.45. The van der Waals surface area contributed by atoms with Crippen LogP contribution in [0.4, 0.5) is 0 Å². The first kappa shape index (κ1) is 12.0. The molecule has 2 rings (SSSR count). The third-order valence-corrected chi connectivity index (χ3v) is 3.49. The molecule has 1 heterocycles. The smallest absolute Gasteiger partial charge is 0.154 e. The van der Waals surface area contributed by atoms with Crippen molar-refractivity contribution in [3.8, 4) is 0 Å². The number of nitrogens with zero attached hydrogens (tertiary/aromatic N) is 3. The molecule has 1 N–H and O–H groups in total. The fourth-order valence-corrected chi connectivity index (χ4v) is 2.58. The lowest BCUT2D eigenvalue weighted by molar-refractivity contribution is 0.209. The van der Waals surface area contributed by atoms with Crippen LogP contribution in [-0.4, -0.2) is 20.1 Å². The van der Waals surface area contributed by atoms with E-state index in [1.807, 2.05) is 24.3 Å². The highest BCUT2D eigenvalue weighted by atomic mass is 127. The van der Waals surface area contributed by atoms with Gasteiger partial charge in [0.2, 0.25) is 0 Å². The van der Waals surface area contributed by atoms with Crippen molar-refractivity contribution in [2.45, 2.75) is 6.10 Å². The molecule has 0 aliphatic rings. The highest BCUT2D eigenvalue weighted by Gasteiger charge is 2.19. The first-order chi connectivity index (χ1) is 7.59. The average Bonchev–Trinajstić information content (AvgIpc) is 2.58. The average molecular weight is 394 g/mol. The topological polar surface area (TPSA) is 50.9 Å². The predicted molar refractivity (Wildman–Crippen MR) is 71.9 cm³/mol. The van der Waals surface area contributed by atoms with Crippen LogP contribution in [0.25, 0.3) is 0 Å². The molecule has 1 aromatic heterocycles. The molecule has 0 aliphatic heterocycles. The number of hydrogen-bond acceptors (Lipinski definition) is 3. The number of aliphatic hydroxyl groups excluding tert-OH is 1. The predicted octanol–water partition coefficient (Wildman–Crippen LogP) is 2.26. The van der Waals surface area contributed by atoms with Gasteiger partial charge in [-0.25, -0.2) is 4.68 Å². The largest absolute Gasteiger partial charge is 0.382 e. The van der Waals surface area contributed by atoms with Gasteiger partial charge in [-0.1, -0.05) is 17.3 Å². The molecule has 0 aliphatic carbocycles. The molecule has 2 aromatic rings. The Hall–Kier alpha value is -0.470. The molecule has 0 amide bonds. The van der Waals surface area contributed by atoms with Crippen molar-refractivity contribution in [2.24, 2.45) is 7.05 Å². The number of aromatic nitrogens is 3. The van der Waals surface area contributed by atoms with Crippen molar-refractivity contribution >= 4 is 38.5 Å². The molecule has 1 aromatic carbocycles. The molecular weight excluding hydrogens is 385 g/mol. The fraction of sp³-hybridized carbons (Fsp3) is 0.200. The van der Waals surface area contributed by atoms with Gasteiger partial charge in [-0.15, -0.1) is 5.10 Å². The number of hydrogen-bond donors (Lipinski definition) is 1. The van der Waals surface area contributed by atoms with Gasteiger partial charge in [0.1, 0.15) is 11.8 Å². The van der Waals surface area contributed by atoms with Crippen molar-refractivity contribution < 1.29 is 5.11 Å². The second-order valence-electron chi connectivity index (χ2n) is 3.35. The van der Waals surface area contributed by atoms with Crippen molar-refractivity contribution in [1.29, 1.82) is 0 Å². The van der Waals surface area contributed by atoms with Gasteiger partial charge in [0, 0.05) is 10.6 Å². The molecule has 0 saturated carbocycles. The molecule has 0 spiro atoms. The van der Waals surface area contributed by atoms with Crippen LogP contribution in [0.15, 0.2) is 28.9 Å². The van der Waals surface area contributed by atoms with Gasteiger partial charge >= 0.3 is 0 Å². The number of benzene rings is 1. The van der Waals surface area contributed by atoms with E-state index < -0.39 is 6.10 Å². The van der Waals surface area contributed by atoms with E-state index in [0.29, 0.717) is 10.3 Å². The monoisotopic (exact) mass is 393 g/mol. The zero-order valence-corrected chi connectivity index (χ0v) is 12.2. The van der Waals surface area contributed by atoms with Gasteiger partial charge < -0.3 is 5.11 Å². The van der Waals surface area contributed by atoms with Crippen LogP contribution in [0, 0.1) is 3.57 Å². The van der Waals surface area contributed by atoms with Crippen molar-refractivity contribution in [2.75, 3.05) is 0 Å². The van der Waals surface area contributed by atoms with E-state index in [-0.39, 0.29) is 0 Å². The summed E-state index contributed by atoms with van der Waals surface area (Å²) in [7, 11) is 1.75. The molecule has 16 heavy (non-hydrogen) atoms. The molecule has 0 bridgehead atoms. The van der Waals surface area contributed by atoms with Crippen molar-refractivity contribution in [1.82, 2.24) is 15.0 Å². The summed E-state index contributed by atoms with van der Waals surface area (Å²) < 4.78 is 3.22. The summed E-state index contributed by atoms with van der Waals surface area (Å²) in [4.78, 5) is 0. The van der Waals surface area contributed by atoms with Gasteiger partial charge in [-0.2, -0.15) is 0 Å². The second kappa shape index (κ2) is 4.80. The van der Waals surface area contributed by atoms with Crippen molar-refractivity contribution in [3.63, 3.8) is 0 Å². The lowest BCUT2D eigenvalue weighted by Gasteiger charge is -2.11. The maximum absolute atomic E-state index is 10.2. The third kappa shape index (κ3) is 2.28. The van der Waals surface area contributed by atoms with E-state index in [1.54, 1.807) is 11.7 Å². The minimum Gasteiger partial charge on any atom is -0.382 e. The lowest BCUT2D eigenvalue weighted by Crippen LogP contribution is -2.07. The number of aliphatic hydroxyl groups is 1. The summed E-state index contributed by atoms with van der Waals surface area (Å²) >= 11 is 5.49. The minimum atomic E-state index is -0.718. The Morgan fingerprint density at radius 3 is 2.81 bits per heavy atom. The van der Waals surface area contributed by atoms with E-state index in [9.17, 15) is 5.11 Å². The van der Waals surface area contributed by atoms with E-state index in [0.717, 1.165) is 9.13 Å². The highest BCUT2D eigenvalue weighted by molar-refractivity contribution is 14.1. The van der Waals surface area contributed by atoms with Crippen LogP contribution in [0.1, 0.15) is 17.4 Å². The van der Waals surface area contributed by atoms with Crippen LogP contribution in [-0.2, 0) is 7.05 Å². The van der Waals surface area contributed by atoms with E-state index in [1.165, 1.54) is 0 Å². The molecular formula is C10H9BrIN3O. The summed E-state index contributed by atoms with van der Waals surface area (Å²) in [6.45, 7) is 0. The molecule has 0 fully saturated rings. The van der Waals surface area contributed by atoms with Crippen LogP contribution in [0.5, 0.6) is 0 Å². The van der Waals surface area contributed by atoms with Gasteiger partial charge in [-0.3, -0.25) is 0 Å². The van der Waals surface area contributed by atoms with E-state index in [2.05, 4.69) is 48.8 Å². The maximum atomic E-state index is 10.2. The maximum Gasteiger partial charge on any atom is 0.154 e. The number of aryl methyl sites for hydroxylation is 1. The summed E-state index contributed by atoms with van der Waals surface area (Å²) in [5.41, 5.74) is 1.49. The Bertz CT molecular complexity index is 495. The van der Waals surface area contributed by atoms with E-state index >= 15 is 0 Å². The molecule has 0 radical (unpaired) electrons. The zero-order chi connectivity index (χ0) is 11.7. The second-order valence-corrected chi connectivity index (χ2v) is 5.34. The Kier molecular flexibility index (Phi) is 3.60. The Balaban J connectivity index is 2.43. The van der Waals surface area contributed by atoms with Gasteiger partial charge in [-0.05, 0) is 56.2 Å². The van der Waals surface area contributed by atoms with Gasteiger partial charge in [0.15, 0.2) is 4.60 Å². The standard InChI is InChI=1S/C10H9BrIN3O/c1-15-8(10(11)13-14-15)9(16)6-3-2-4-7(12)5-6/h2-5,9,16H,1H3. The number of rotatable bonds is 2. The van der Waals surface area contributed by atoms with Gasteiger partial charge in [0.25, 0.3) is 0 Å². The third-order valence-electron chi connectivity index (χ3n) is 2.25.